The van der Waals surface area contributed by atoms with Crippen LogP contribution in [0.3, 0.4) is 0 Å². The summed E-state index contributed by atoms with van der Waals surface area (Å²) in [5, 5.41) is -1.53. The molecule has 0 amide bonds. The Hall–Kier alpha value is -3.34. The van der Waals surface area contributed by atoms with E-state index in [0.717, 1.165) is 0 Å². The molecular weight excluding hydrogens is 406 g/mol. The van der Waals surface area contributed by atoms with Crippen LogP contribution in [0.25, 0.3) is 0 Å². The van der Waals surface area contributed by atoms with Crippen LogP contribution in [-0.2, 0) is 4.57 Å². The fraction of sp³-hybridized carbons (Fsp3) is 0. The summed E-state index contributed by atoms with van der Waals surface area (Å²) in [6.45, 7) is 0. The highest BCUT2D eigenvalue weighted by Crippen LogP contribution is 2.45. The SMILES string of the molecule is O=P(C#Cc1ccccc1)(C#Cc1ccccc1)c1c(F)c(F)c(F)c(F)c1F. The molecule has 3 aromatic rings. The summed E-state index contributed by atoms with van der Waals surface area (Å²) < 4.78 is 82.7. The monoisotopic (exact) mass is 416 g/mol. The van der Waals surface area contributed by atoms with E-state index in [-0.39, 0.29) is 0 Å². The molecule has 0 N–H and O–H groups in total. The van der Waals surface area contributed by atoms with E-state index in [4.69, 9.17) is 0 Å². The molecule has 29 heavy (non-hydrogen) atoms. The van der Waals surface area contributed by atoms with E-state index in [0.29, 0.717) is 11.1 Å². The lowest BCUT2D eigenvalue weighted by Gasteiger charge is -2.10. The summed E-state index contributed by atoms with van der Waals surface area (Å²) in [6.07, 6.45) is 0. The number of hydrogen-bond donors (Lipinski definition) is 0. The lowest BCUT2D eigenvalue weighted by molar-refractivity contribution is 0.384. The quantitative estimate of drug-likeness (QED) is 0.171. The van der Waals surface area contributed by atoms with Crippen molar-refractivity contribution >= 4 is 12.4 Å². The maximum absolute atomic E-state index is 14.3. The first-order valence-corrected chi connectivity index (χ1v) is 9.83. The van der Waals surface area contributed by atoms with Crippen LogP contribution >= 0.6 is 7.14 Å². The maximum Gasteiger partial charge on any atom is 0.257 e. The molecule has 0 spiro atoms. The first-order chi connectivity index (χ1) is 13.8. The van der Waals surface area contributed by atoms with Gasteiger partial charge in [0.1, 0.15) is 5.30 Å². The average Bonchev–Trinajstić information content (AvgIpc) is 2.75. The van der Waals surface area contributed by atoms with Gasteiger partial charge in [0, 0.05) is 11.1 Å². The van der Waals surface area contributed by atoms with Crippen molar-refractivity contribution in [2.24, 2.45) is 0 Å². The molecule has 0 heterocycles. The fourth-order valence-electron chi connectivity index (χ4n) is 2.34. The van der Waals surface area contributed by atoms with Gasteiger partial charge in [0.15, 0.2) is 23.3 Å². The molecule has 1 nitrogen and oxygen atoms in total. The number of hydrogen-bond acceptors (Lipinski definition) is 1. The third kappa shape index (κ3) is 4.24. The van der Waals surface area contributed by atoms with Gasteiger partial charge in [-0.1, -0.05) is 48.2 Å². The highest BCUT2D eigenvalue weighted by Gasteiger charge is 2.36. The minimum absolute atomic E-state index is 0.332. The van der Waals surface area contributed by atoms with Gasteiger partial charge >= 0.3 is 0 Å². The fourth-order valence-corrected chi connectivity index (χ4v) is 3.94. The van der Waals surface area contributed by atoms with Crippen LogP contribution in [0, 0.1) is 52.3 Å². The summed E-state index contributed by atoms with van der Waals surface area (Å²) in [7, 11) is -4.67. The minimum atomic E-state index is -4.67. The van der Waals surface area contributed by atoms with Crippen molar-refractivity contribution in [3.8, 4) is 23.2 Å². The van der Waals surface area contributed by atoms with E-state index in [1.54, 1.807) is 36.4 Å². The Kier molecular flexibility index (Phi) is 5.87. The van der Waals surface area contributed by atoms with Gasteiger partial charge in [-0.3, -0.25) is 4.57 Å². The van der Waals surface area contributed by atoms with E-state index >= 15 is 0 Å². The molecule has 0 unspecified atom stereocenters. The highest BCUT2D eigenvalue weighted by molar-refractivity contribution is 7.80. The Morgan fingerprint density at radius 1 is 0.552 bits per heavy atom. The van der Waals surface area contributed by atoms with Crippen LogP contribution in [0.15, 0.2) is 60.7 Å². The van der Waals surface area contributed by atoms with Gasteiger partial charge in [-0.25, -0.2) is 22.0 Å². The Balaban J connectivity index is 2.27. The summed E-state index contributed by atoms with van der Waals surface area (Å²) in [5.41, 5.74) is 4.96. The van der Waals surface area contributed by atoms with Crippen molar-refractivity contribution in [3.63, 3.8) is 0 Å². The molecule has 0 atom stereocenters. The number of halogens is 5. The third-order valence-corrected chi connectivity index (χ3v) is 5.64. The summed E-state index contributed by atoms with van der Waals surface area (Å²) >= 11 is 0. The third-order valence-electron chi connectivity index (χ3n) is 3.76. The lowest BCUT2D eigenvalue weighted by atomic mass is 10.2. The predicted molar refractivity (Wildman–Crippen MR) is 100 cm³/mol. The number of benzene rings is 3. The van der Waals surface area contributed by atoms with Crippen molar-refractivity contribution in [2.45, 2.75) is 0 Å². The van der Waals surface area contributed by atoms with E-state index < -0.39 is 41.5 Å². The first kappa shape index (κ1) is 20.4. The van der Waals surface area contributed by atoms with Crippen molar-refractivity contribution in [1.29, 1.82) is 0 Å². The largest absolute Gasteiger partial charge is 0.291 e. The first-order valence-electron chi connectivity index (χ1n) is 8.12. The molecule has 0 aromatic heterocycles. The zero-order valence-electron chi connectivity index (χ0n) is 14.5. The zero-order chi connectivity index (χ0) is 21.0. The van der Waals surface area contributed by atoms with Gasteiger partial charge < -0.3 is 0 Å². The van der Waals surface area contributed by atoms with Crippen LogP contribution in [0.1, 0.15) is 11.1 Å². The zero-order valence-corrected chi connectivity index (χ0v) is 15.4. The molecule has 144 valence electrons. The molecule has 0 fully saturated rings. The molecule has 0 aliphatic heterocycles. The second-order valence-corrected chi connectivity index (χ2v) is 7.85. The van der Waals surface area contributed by atoms with Gasteiger partial charge in [0.25, 0.3) is 7.14 Å². The van der Waals surface area contributed by atoms with Gasteiger partial charge in [0.2, 0.25) is 5.82 Å². The van der Waals surface area contributed by atoms with Crippen LogP contribution in [0.5, 0.6) is 0 Å². The minimum Gasteiger partial charge on any atom is -0.291 e. The summed E-state index contributed by atoms with van der Waals surface area (Å²) in [5.74, 6) is -6.30. The second kappa shape index (κ2) is 8.35. The maximum atomic E-state index is 14.3. The van der Waals surface area contributed by atoms with Crippen molar-refractivity contribution in [3.05, 3.63) is 101 Å². The smallest absolute Gasteiger partial charge is 0.257 e. The average molecular weight is 416 g/mol. The molecule has 0 radical (unpaired) electrons. The van der Waals surface area contributed by atoms with Gasteiger partial charge in [-0.05, 0) is 35.6 Å². The van der Waals surface area contributed by atoms with Gasteiger partial charge in [0.05, 0.1) is 0 Å². The Bertz CT molecular complexity index is 1140. The van der Waals surface area contributed by atoms with Gasteiger partial charge in [-0.2, -0.15) is 0 Å². The molecule has 3 rings (SSSR count). The Morgan fingerprint density at radius 2 is 0.897 bits per heavy atom. The van der Waals surface area contributed by atoms with Crippen LogP contribution in [0.4, 0.5) is 22.0 Å². The van der Waals surface area contributed by atoms with E-state index in [1.807, 2.05) is 0 Å². The van der Waals surface area contributed by atoms with Crippen LogP contribution in [-0.4, -0.2) is 0 Å². The predicted octanol–water partition coefficient (Wildman–Crippen LogP) is 5.39. The molecule has 0 aliphatic rings. The molecular formula is C22H10F5OP. The van der Waals surface area contributed by atoms with E-state index in [2.05, 4.69) is 23.2 Å². The number of rotatable bonds is 1. The molecule has 0 aliphatic carbocycles. The summed E-state index contributed by atoms with van der Waals surface area (Å²) in [6, 6.07) is 15.9. The summed E-state index contributed by atoms with van der Waals surface area (Å²) in [4.78, 5) is 0. The van der Waals surface area contributed by atoms with Crippen molar-refractivity contribution in [2.75, 3.05) is 0 Å². The Morgan fingerprint density at radius 3 is 1.28 bits per heavy atom. The van der Waals surface area contributed by atoms with Gasteiger partial charge in [-0.15, -0.1) is 0 Å². The van der Waals surface area contributed by atoms with E-state index in [1.165, 1.54) is 24.3 Å². The molecule has 0 saturated carbocycles. The van der Waals surface area contributed by atoms with E-state index in [9.17, 15) is 26.5 Å². The van der Waals surface area contributed by atoms with Crippen molar-refractivity contribution in [1.82, 2.24) is 0 Å². The van der Waals surface area contributed by atoms with Crippen LogP contribution < -0.4 is 5.30 Å². The molecule has 7 heteroatoms. The Labute approximate surface area is 163 Å². The lowest BCUT2D eigenvalue weighted by Crippen LogP contribution is -2.20. The highest BCUT2D eigenvalue weighted by atomic mass is 31.2. The molecule has 3 aromatic carbocycles. The molecule has 0 saturated heterocycles. The van der Waals surface area contributed by atoms with Crippen molar-refractivity contribution < 1.29 is 26.5 Å². The van der Waals surface area contributed by atoms with Crippen LogP contribution in [0.2, 0.25) is 0 Å². The molecule has 0 bridgehead atoms. The normalized spacial score (nSPS) is 10.5. The topological polar surface area (TPSA) is 17.1 Å². The standard InChI is InChI=1S/C22H10F5OP/c23-17-18(24)20(26)22(21(27)19(17)25)29(28,13-11-15-7-3-1-4-8-15)14-12-16-9-5-2-6-10-16/h1-10H. The second-order valence-electron chi connectivity index (χ2n) is 5.73.